The van der Waals surface area contributed by atoms with Crippen LogP contribution >= 0.6 is 15.9 Å². The summed E-state index contributed by atoms with van der Waals surface area (Å²) >= 11 is 3.61. The number of aliphatic imine (C=N–C) groups is 1. The molecule has 1 aliphatic heterocycles. The molecule has 5 aromatic rings. The zero-order valence-corrected chi connectivity index (χ0v) is 28.5. The van der Waals surface area contributed by atoms with Crippen molar-refractivity contribution in [1.82, 2.24) is 5.32 Å². The number of hydrogen-bond donors (Lipinski definition) is 2. The second kappa shape index (κ2) is 15.3. The van der Waals surface area contributed by atoms with E-state index in [9.17, 15) is 18.0 Å². The van der Waals surface area contributed by atoms with Crippen LogP contribution in [0.25, 0.3) is 11.1 Å². The number of nitrogens with zero attached hydrogens (tertiary/aromatic N) is 1. The van der Waals surface area contributed by atoms with E-state index < -0.39 is 29.3 Å². The Kier molecular flexibility index (Phi) is 10.7. The van der Waals surface area contributed by atoms with Crippen LogP contribution in [0.1, 0.15) is 40.3 Å². The van der Waals surface area contributed by atoms with Crippen LogP contribution in [-0.4, -0.2) is 35.7 Å². The number of aliphatic hydroxyl groups is 1. The van der Waals surface area contributed by atoms with Crippen LogP contribution in [-0.2, 0) is 28.7 Å². The third-order valence-corrected chi connectivity index (χ3v) is 9.30. The number of carbonyl (C=O) groups excluding carboxylic acids is 1. The molecule has 6 rings (SSSR count). The van der Waals surface area contributed by atoms with Crippen molar-refractivity contribution in [3.05, 3.63) is 160 Å². The Morgan fingerprint density at radius 3 is 2.12 bits per heavy atom. The fraction of sp³-hybridized carbons (Fsp3) is 0.200. The minimum Gasteiger partial charge on any atom is -0.494 e. The average Bonchev–Trinajstić information content (AvgIpc) is 3.52. The Morgan fingerprint density at radius 2 is 1.44 bits per heavy atom. The number of amides is 1. The van der Waals surface area contributed by atoms with Crippen LogP contribution in [0.15, 0.2) is 137 Å². The lowest BCUT2D eigenvalue weighted by Gasteiger charge is -2.31. The van der Waals surface area contributed by atoms with Crippen molar-refractivity contribution in [2.24, 2.45) is 4.99 Å². The predicted octanol–water partition coefficient (Wildman–Crippen LogP) is 8.71. The highest BCUT2D eigenvalue weighted by molar-refractivity contribution is 9.10. The van der Waals surface area contributed by atoms with Gasteiger partial charge in [-0.05, 0) is 64.2 Å². The quantitative estimate of drug-likeness (QED) is 0.125. The van der Waals surface area contributed by atoms with E-state index in [1.807, 2.05) is 78.9 Å². The summed E-state index contributed by atoms with van der Waals surface area (Å²) in [6.07, 6.45) is -4.96. The van der Waals surface area contributed by atoms with Gasteiger partial charge in [-0.1, -0.05) is 107 Å². The molecular weight excluding hydrogens is 709 g/mol. The van der Waals surface area contributed by atoms with Crippen LogP contribution in [0.5, 0.6) is 5.75 Å². The Morgan fingerprint density at radius 1 is 0.820 bits per heavy atom. The predicted molar refractivity (Wildman–Crippen MR) is 190 cm³/mol. The van der Waals surface area contributed by atoms with E-state index in [0.29, 0.717) is 29.9 Å². The van der Waals surface area contributed by atoms with Crippen molar-refractivity contribution in [3.8, 4) is 16.9 Å². The van der Waals surface area contributed by atoms with Gasteiger partial charge in [-0.25, -0.2) is 4.99 Å². The summed E-state index contributed by atoms with van der Waals surface area (Å²) in [6.45, 7) is -0.00240. The van der Waals surface area contributed by atoms with Gasteiger partial charge < -0.3 is 19.9 Å². The van der Waals surface area contributed by atoms with Crippen molar-refractivity contribution < 1.29 is 32.5 Å². The molecule has 6 nitrogen and oxygen atoms in total. The molecule has 256 valence electrons. The molecule has 5 aromatic carbocycles. The van der Waals surface area contributed by atoms with Gasteiger partial charge in [0, 0.05) is 36.0 Å². The standard InChI is InChI=1S/C40H34BrF3N2O4/c41-35-14-7-5-11-31(35)25-39(38(48)45-26-32-12-4-6-13-34(32)40(42,43)44)36(29-17-15-28(16-18-29)27-9-2-1-3-10-27)50-37(46-39)30-19-21-33(22-20-30)49-24-8-23-47/h1-7,9-22,36,47H,8,23-26H2,(H,45,48)/t36-,39-/m1/s1. The Bertz CT molecular complexity index is 1950. The second-order valence-electron chi connectivity index (χ2n) is 11.9. The van der Waals surface area contributed by atoms with Crippen molar-refractivity contribution >= 4 is 27.7 Å². The molecular formula is C40H34BrF3N2O4. The van der Waals surface area contributed by atoms with Crippen molar-refractivity contribution in [2.75, 3.05) is 13.2 Å². The summed E-state index contributed by atoms with van der Waals surface area (Å²) in [6, 6.07) is 37.2. The number of benzene rings is 5. The van der Waals surface area contributed by atoms with Gasteiger partial charge in [0.05, 0.1) is 12.2 Å². The molecule has 0 fully saturated rings. The van der Waals surface area contributed by atoms with Crippen LogP contribution in [0.3, 0.4) is 0 Å². The lowest BCUT2D eigenvalue weighted by molar-refractivity contribution is -0.138. The molecule has 2 atom stereocenters. The number of halogens is 4. The molecule has 1 aliphatic rings. The van der Waals surface area contributed by atoms with Gasteiger partial charge >= 0.3 is 6.18 Å². The molecule has 1 amide bonds. The van der Waals surface area contributed by atoms with E-state index in [1.165, 1.54) is 18.2 Å². The third-order valence-electron chi connectivity index (χ3n) is 8.53. The first-order chi connectivity index (χ1) is 24.2. The minimum atomic E-state index is -4.59. The van der Waals surface area contributed by atoms with Crippen LogP contribution < -0.4 is 10.1 Å². The van der Waals surface area contributed by atoms with Gasteiger partial charge in [0.2, 0.25) is 5.90 Å². The lowest BCUT2D eigenvalue weighted by atomic mass is 9.81. The van der Waals surface area contributed by atoms with E-state index in [4.69, 9.17) is 19.6 Å². The maximum absolute atomic E-state index is 14.6. The minimum absolute atomic E-state index is 0.0138. The topological polar surface area (TPSA) is 80.2 Å². The fourth-order valence-corrected chi connectivity index (χ4v) is 6.40. The van der Waals surface area contributed by atoms with Gasteiger partial charge in [-0.2, -0.15) is 13.2 Å². The zero-order valence-electron chi connectivity index (χ0n) is 26.9. The molecule has 0 unspecified atom stereocenters. The Balaban J connectivity index is 1.43. The number of ether oxygens (including phenoxy) is 2. The number of alkyl halides is 3. The number of aliphatic hydroxyl groups excluding tert-OH is 1. The van der Waals surface area contributed by atoms with Gasteiger partial charge in [-0.15, -0.1) is 0 Å². The van der Waals surface area contributed by atoms with Crippen molar-refractivity contribution in [1.29, 1.82) is 0 Å². The van der Waals surface area contributed by atoms with Gasteiger partial charge in [0.15, 0.2) is 11.6 Å². The summed E-state index contributed by atoms with van der Waals surface area (Å²) in [5.74, 6) is 0.220. The first kappa shape index (κ1) is 34.9. The summed E-state index contributed by atoms with van der Waals surface area (Å²) < 4.78 is 54.7. The van der Waals surface area contributed by atoms with E-state index in [2.05, 4.69) is 21.2 Å². The van der Waals surface area contributed by atoms with Gasteiger partial charge in [-0.3, -0.25) is 4.79 Å². The molecule has 50 heavy (non-hydrogen) atoms. The number of nitrogens with one attached hydrogen (secondary N) is 1. The highest BCUT2D eigenvalue weighted by Gasteiger charge is 2.53. The summed E-state index contributed by atoms with van der Waals surface area (Å²) in [5.41, 5.74) is 1.52. The Labute approximate surface area is 296 Å². The summed E-state index contributed by atoms with van der Waals surface area (Å²) in [5, 5.41) is 11.9. The largest absolute Gasteiger partial charge is 0.494 e. The lowest BCUT2D eigenvalue weighted by Crippen LogP contribution is -2.49. The first-order valence-corrected chi connectivity index (χ1v) is 16.9. The second-order valence-corrected chi connectivity index (χ2v) is 12.7. The highest BCUT2D eigenvalue weighted by Crippen LogP contribution is 2.44. The molecule has 0 saturated carbocycles. The van der Waals surface area contributed by atoms with E-state index in [1.54, 1.807) is 24.3 Å². The first-order valence-electron chi connectivity index (χ1n) is 16.1. The molecule has 0 bridgehead atoms. The molecule has 0 aliphatic carbocycles. The molecule has 1 heterocycles. The van der Waals surface area contributed by atoms with E-state index in [0.717, 1.165) is 27.2 Å². The maximum Gasteiger partial charge on any atom is 0.416 e. The van der Waals surface area contributed by atoms with Crippen LogP contribution in [0, 0.1) is 0 Å². The third kappa shape index (κ3) is 7.77. The molecule has 2 N–H and O–H groups in total. The summed E-state index contributed by atoms with van der Waals surface area (Å²) in [7, 11) is 0. The average molecular weight is 744 g/mol. The monoisotopic (exact) mass is 742 g/mol. The van der Waals surface area contributed by atoms with Gasteiger partial charge in [0.1, 0.15) is 5.75 Å². The SMILES string of the molecule is O=C(NCc1ccccc1C(F)(F)F)[C@]1(Cc2ccccc2Br)N=C(c2ccc(OCCCO)cc2)O[C@@H]1c1ccc(-c2ccccc2)cc1. The van der Waals surface area contributed by atoms with Crippen LogP contribution in [0.4, 0.5) is 13.2 Å². The Hall–Kier alpha value is -4.93. The smallest absolute Gasteiger partial charge is 0.416 e. The van der Waals surface area contributed by atoms with Crippen LogP contribution in [0.2, 0.25) is 0 Å². The van der Waals surface area contributed by atoms with Crippen molar-refractivity contribution in [3.63, 3.8) is 0 Å². The fourth-order valence-electron chi connectivity index (χ4n) is 5.97. The highest BCUT2D eigenvalue weighted by atomic mass is 79.9. The van der Waals surface area contributed by atoms with E-state index in [-0.39, 0.29) is 31.0 Å². The molecule has 0 radical (unpaired) electrons. The maximum atomic E-state index is 14.6. The molecule has 0 aromatic heterocycles. The van der Waals surface area contributed by atoms with Crippen molar-refractivity contribution in [2.45, 2.75) is 37.2 Å². The van der Waals surface area contributed by atoms with E-state index >= 15 is 0 Å². The zero-order chi connectivity index (χ0) is 35.1. The molecule has 10 heteroatoms. The summed E-state index contributed by atoms with van der Waals surface area (Å²) in [4.78, 5) is 19.7. The van der Waals surface area contributed by atoms with Gasteiger partial charge in [0.25, 0.3) is 5.91 Å². The molecule has 0 spiro atoms. The number of rotatable bonds is 12. The molecule has 0 saturated heterocycles. The number of hydrogen-bond acceptors (Lipinski definition) is 5. The normalized spacial score (nSPS) is 17.1. The number of carbonyl (C=O) groups is 1.